The topological polar surface area (TPSA) is 4.93 Å². The van der Waals surface area contributed by atoms with E-state index in [1.807, 2.05) is 0 Å². The van der Waals surface area contributed by atoms with Crippen molar-refractivity contribution in [3.63, 3.8) is 0 Å². The van der Waals surface area contributed by atoms with E-state index in [4.69, 9.17) is 0 Å². The normalized spacial score (nSPS) is 11.5. The van der Waals surface area contributed by atoms with Gasteiger partial charge in [-0.25, -0.2) is 0 Å². The Bertz CT molecular complexity index is 1590. The Morgan fingerprint density at radius 3 is 2.23 bits per heavy atom. The summed E-state index contributed by atoms with van der Waals surface area (Å²) < 4.78 is 3.46. The third kappa shape index (κ3) is 2.90. The Morgan fingerprint density at radius 2 is 1.35 bits per heavy atom. The zero-order valence-electron chi connectivity index (χ0n) is 17.1. The number of fused-ring (bicyclic) bond motifs is 4. The molecule has 5 aromatic carbocycles. The first-order valence-electron chi connectivity index (χ1n) is 10.5. The van der Waals surface area contributed by atoms with Crippen molar-refractivity contribution in [2.24, 2.45) is 0 Å². The van der Waals surface area contributed by atoms with Crippen molar-refractivity contribution in [1.29, 1.82) is 0 Å². The number of hydrogen-bond acceptors (Lipinski definition) is 0. The first kappa shape index (κ1) is 18.4. The molecule has 0 saturated heterocycles. The molecule has 0 aliphatic carbocycles. The van der Waals surface area contributed by atoms with Crippen molar-refractivity contribution in [3.8, 4) is 16.8 Å². The van der Waals surface area contributed by atoms with E-state index in [1.54, 1.807) is 0 Å². The van der Waals surface area contributed by atoms with Gasteiger partial charge in [0.25, 0.3) is 0 Å². The van der Waals surface area contributed by atoms with Crippen LogP contribution in [0.2, 0.25) is 0 Å². The molecule has 1 nitrogen and oxygen atoms in total. The molecule has 0 amide bonds. The van der Waals surface area contributed by atoms with Crippen LogP contribution in [0, 0.1) is 6.92 Å². The van der Waals surface area contributed by atoms with Crippen LogP contribution in [0.15, 0.2) is 108 Å². The molecule has 0 aliphatic heterocycles. The third-order valence-corrected chi connectivity index (χ3v) is 6.74. The zero-order valence-corrected chi connectivity index (χ0v) is 18.7. The van der Waals surface area contributed by atoms with Crippen LogP contribution in [0.25, 0.3) is 49.4 Å². The lowest BCUT2D eigenvalue weighted by Gasteiger charge is -2.13. The molecule has 148 valence electrons. The highest BCUT2D eigenvalue weighted by atomic mass is 79.9. The number of rotatable bonds is 2. The average Bonchev–Trinajstić information content (AvgIpc) is 3.13. The number of aromatic nitrogens is 1. The van der Waals surface area contributed by atoms with Crippen molar-refractivity contribution >= 4 is 48.5 Å². The monoisotopic (exact) mass is 461 g/mol. The SMILES string of the molecule is Cc1c(-c2ccccc2)ccc2cc(-n3c4ccccc4c4ccc(Br)cc43)ccc12. The molecule has 0 aliphatic rings. The maximum atomic E-state index is 3.66. The lowest BCUT2D eigenvalue weighted by molar-refractivity contribution is 1.18. The molecular formula is C29H20BrN. The minimum atomic E-state index is 1.09. The fraction of sp³-hybridized carbons (Fsp3) is 0.0345. The maximum Gasteiger partial charge on any atom is 0.0552 e. The van der Waals surface area contributed by atoms with E-state index < -0.39 is 0 Å². The molecule has 0 fully saturated rings. The molecule has 6 rings (SSSR count). The molecule has 1 aromatic heterocycles. The minimum absolute atomic E-state index is 1.09. The van der Waals surface area contributed by atoms with Gasteiger partial charge in [0.05, 0.1) is 11.0 Å². The zero-order chi connectivity index (χ0) is 20.9. The summed E-state index contributed by atoms with van der Waals surface area (Å²) in [5.41, 5.74) is 7.50. The van der Waals surface area contributed by atoms with Crippen molar-refractivity contribution in [1.82, 2.24) is 4.57 Å². The summed E-state index contributed by atoms with van der Waals surface area (Å²) in [7, 11) is 0. The second-order valence-electron chi connectivity index (χ2n) is 8.02. The first-order chi connectivity index (χ1) is 15.2. The van der Waals surface area contributed by atoms with E-state index in [1.165, 1.54) is 55.0 Å². The summed E-state index contributed by atoms with van der Waals surface area (Å²) in [6, 6.07) is 37.1. The van der Waals surface area contributed by atoms with Crippen molar-refractivity contribution in [3.05, 3.63) is 113 Å². The van der Waals surface area contributed by atoms with Crippen LogP contribution >= 0.6 is 15.9 Å². The fourth-order valence-electron chi connectivity index (χ4n) is 4.76. The summed E-state index contributed by atoms with van der Waals surface area (Å²) in [6.07, 6.45) is 0. The van der Waals surface area contributed by atoms with Gasteiger partial charge in [0.1, 0.15) is 0 Å². The molecular weight excluding hydrogens is 442 g/mol. The van der Waals surface area contributed by atoms with Gasteiger partial charge in [-0.2, -0.15) is 0 Å². The van der Waals surface area contributed by atoms with Gasteiger partial charge in [0.2, 0.25) is 0 Å². The van der Waals surface area contributed by atoms with Gasteiger partial charge in [-0.3, -0.25) is 0 Å². The quantitative estimate of drug-likeness (QED) is 0.243. The Balaban J connectivity index is 1.61. The van der Waals surface area contributed by atoms with E-state index in [-0.39, 0.29) is 0 Å². The van der Waals surface area contributed by atoms with Gasteiger partial charge in [0.15, 0.2) is 0 Å². The van der Waals surface area contributed by atoms with E-state index >= 15 is 0 Å². The van der Waals surface area contributed by atoms with E-state index in [0.29, 0.717) is 0 Å². The van der Waals surface area contributed by atoms with Crippen LogP contribution in [0.4, 0.5) is 0 Å². The minimum Gasteiger partial charge on any atom is -0.309 e. The lowest BCUT2D eigenvalue weighted by Crippen LogP contribution is -1.94. The predicted octanol–water partition coefficient (Wildman–Crippen LogP) is 8.67. The molecule has 0 unspecified atom stereocenters. The standard InChI is InChI=1S/C29H20BrN/c1-19-24(20-7-3-2-4-8-20)14-11-21-17-23(13-16-25(19)21)31-28-10-6-5-9-26(28)27-15-12-22(30)18-29(27)31/h2-18H,1H3. The van der Waals surface area contributed by atoms with Gasteiger partial charge < -0.3 is 4.57 Å². The van der Waals surface area contributed by atoms with Crippen molar-refractivity contribution < 1.29 is 0 Å². The first-order valence-corrected chi connectivity index (χ1v) is 11.3. The molecule has 31 heavy (non-hydrogen) atoms. The summed E-state index contributed by atoms with van der Waals surface area (Å²) in [6.45, 7) is 2.22. The number of hydrogen-bond donors (Lipinski definition) is 0. The molecule has 0 saturated carbocycles. The number of halogens is 1. The van der Waals surface area contributed by atoms with Gasteiger partial charge in [0, 0.05) is 20.9 Å². The van der Waals surface area contributed by atoms with Crippen LogP contribution in [0.1, 0.15) is 5.56 Å². The third-order valence-electron chi connectivity index (χ3n) is 6.25. The van der Waals surface area contributed by atoms with Crippen LogP contribution in [-0.2, 0) is 0 Å². The molecule has 0 N–H and O–H groups in total. The maximum absolute atomic E-state index is 3.66. The van der Waals surface area contributed by atoms with E-state index in [0.717, 1.165) is 4.47 Å². The van der Waals surface area contributed by atoms with E-state index in [2.05, 4.69) is 131 Å². The second kappa shape index (κ2) is 7.11. The van der Waals surface area contributed by atoms with Gasteiger partial charge in [-0.15, -0.1) is 0 Å². The molecule has 0 radical (unpaired) electrons. The molecule has 2 heteroatoms. The van der Waals surface area contributed by atoms with Crippen LogP contribution in [-0.4, -0.2) is 4.57 Å². The van der Waals surface area contributed by atoms with Crippen molar-refractivity contribution in [2.45, 2.75) is 6.92 Å². The van der Waals surface area contributed by atoms with E-state index in [9.17, 15) is 0 Å². The smallest absolute Gasteiger partial charge is 0.0552 e. The van der Waals surface area contributed by atoms with Gasteiger partial charge >= 0.3 is 0 Å². The Morgan fingerprint density at radius 1 is 0.613 bits per heavy atom. The van der Waals surface area contributed by atoms with Crippen LogP contribution in [0.3, 0.4) is 0 Å². The van der Waals surface area contributed by atoms with Crippen LogP contribution < -0.4 is 0 Å². The summed E-state index contributed by atoms with van der Waals surface area (Å²) >= 11 is 3.66. The highest BCUT2D eigenvalue weighted by Crippen LogP contribution is 2.36. The predicted molar refractivity (Wildman–Crippen MR) is 136 cm³/mol. The van der Waals surface area contributed by atoms with Crippen LogP contribution in [0.5, 0.6) is 0 Å². The number of aryl methyl sites for hydroxylation is 1. The highest BCUT2D eigenvalue weighted by molar-refractivity contribution is 9.10. The summed E-state index contributed by atoms with van der Waals surface area (Å²) in [5.74, 6) is 0. The van der Waals surface area contributed by atoms with Crippen molar-refractivity contribution in [2.75, 3.05) is 0 Å². The molecule has 0 bridgehead atoms. The average molecular weight is 462 g/mol. The molecule has 0 atom stereocenters. The highest BCUT2D eigenvalue weighted by Gasteiger charge is 2.13. The molecule has 6 aromatic rings. The Hall–Kier alpha value is -3.36. The second-order valence-corrected chi connectivity index (χ2v) is 8.94. The summed E-state index contributed by atoms with van der Waals surface area (Å²) in [5, 5.41) is 5.11. The Kier molecular flexibility index (Phi) is 4.22. The Labute approximate surface area is 189 Å². The number of para-hydroxylation sites is 1. The number of nitrogens with zero attached hydrogens (tertiary/aromatic N) is 1. The van der Waals surface area contributed by atoms with Gasteiger partial charge in [-0.05, 0) is 64.7 Å². The van der Waals surface area contributed by atoms with Gasteiger partial charge in [-0.1, -0.05) is 88.7 Å². The molecule has 1 heterocycles. The number of benzene rings is 5. The fourth-order valence-corrected chi connectivity index (χ4v) is 5.11. The molecule has 0 spiro atoms. The lowest BCUT2D eigenvalue weighted by atomic mass is 9.95. The summed E-state index contributed by atoms with van der Waals surface area (Å²) in [4.78, 5) is 0. The largest absolute Gasteiger partial charge is 0.309 e.